The number of benzene rings is 1. The van der Waals surface area contributed by atoms with E-state index in [1.165, 1.54) is 16.7 Å². The lowest BCUT2D eigenvalue weighted by molar-refractivity contribution is -0.137. The Hall–Kier alpha value is -1.73. The van der Waals surface area contributed by atoms with E-state index in [0.717, 1.165) is 0 Å². The van der Waals surface area contributed by atoms with Gasteiger partial charge in [-0.1, -0.05) is 11.6 Å². The number of nitrogens with zero attached hydrogens (tertiary/aromatic N) is 1. The summed E-state index contributed by atoms with van der Waals surface area (Å²) in [7, 11) is 0. The molecule has 2 unspecified atom stereocenters. The summed E-state index contributed by atoms with van der Waals surface area (Å²) in [5.41, 5.74) is 0.485. The number of hydrogen-bond donors (Lipinski definition) is 2. The smallest absolute Gasteiger partial charge is 0.303 e. The minimum atomic E-state index is -0.896. The highest BCUT2D eigenvalue weighted by Gasteiger charge is 2.35. The van der Waals surface area contributed by atoms with Gasteiger partial charge in [0.25, 0.3) is 5.91 Å². The van der Waals surface area contributed by atoms with Crippen LogP contribution in [-0.2, 0) is 9.59 Å². The molecule has 24 heavy (non-hydrogen) atoms. The molecule has 2 N–H and O–H groups in total. The number of carbonyl (C=O) groups excluding carboxylic acids is 2. The van der Waals surface area contributed by atoms with Gasteiger partial charge in [-0.05, 0) is 37.6 Å². The first-order valence-corrected chi connectivity index (χ1v) is 9.08. The average molecular weight is 371 g/mol. The molecule has 0 saturated carbocycles. The third-order valence-electron chi connectivity index (χ3n) is 3.72. The van der Waals surface area contributed by atoms with E-state index in [1.807, 2.05) is 0 Å². The molecule has 1 fully saturated rings. The molecule has 0 aromatic heterocycles. The minimum Gasteiger partial charge on any atom is -0.481 e. The van der Waals surface area contributed by atoms with Gasteiger partial charge in [-0.3, -0.25) is 14.4 Å². The number of carbonyl (C=O) groups is 3. The van der Waals surface area contributed by atoms with Crippen molar-refractivity contribution in [3.05, 3.63) is 34.9 Å². The zero-order chi connectivity index (χ0) is 17.7. The van der Waals surface area contributed by atoms with E-state index in [0.29, 0.717) is 28.6 Å². The van der Waals surface area contributed by atoms with Crippen molar-refractivity contribution in [3.8, 4) is 0 Å². The fourth-order valence-electron chi connectivity index (χ4n) is 2.37. The number of carboxylic acid groups (broad SMARTS) is 1. The van der Waals surface area contributed by atoms with E-state index in [9.17, 15) is 14.4 Å². The van der Waals surface area contributed by atoms with Crippen molar-refractivity contribution in [1.29, 1.82) is 0 Å². The standard InChI is InChI=1S/C16H19ClN2O4S/c1-10(2-7-14(20)21)18-15(22)13-8-24-9-19(13)16(23)11-3-5-12(17)6-4-11/h3-6,10,13H,2,7-9H2,1H3,(H,18,22)(H,20,21). The van der Waals surface area contributed by atoms with Gasteiger partial charge in [0.15, 0.2) is 0 Å². The summed E-state index contributed by atoms with van der Waals surface area (Å²) >= 11 is 7.34. The Bertz CT molecular complexity index is 623. The first kappa shape index (κ1) is 18.6. The Morgan fingerprint density at radius 1 is 1.38 bits per heavy atom. The van der Waals surface area contributed by atoms with Crippen LogP contribution in [0.2, 0.25) is 5.02 Å². The second-order valence-electron chi connectivity index (χ2n) is 5.64. The van der Waals surface area contributed by atoms with Crippen LogP contribution in [0.3, 0.4) is 0 Å². The maximum atomic E-state index is 12.6. The van der Waals surface area contributed by atoms with Crippen molar-refractivity contribution in [1.82, 2.24) is 10.2 Å². The average Bonchev–Trinajstić information content (AvgIpc) is 3.02. The normalized spacial score (nSPS) is 18.2. The Morgan fingerprint density at radius 2 is 2.04 bits per heavy atom. The van der Waals surface area contributed by atoms with Crippen molar-refractivity contribution in [2.24, 2.45) is 0 Å². The number of amides is 2. The predicted molar refractivity (Wildman–Crippen MR) is 93.2 cm³/mol. The molecule has 1 aliphatic heterocycles. The summed E-state index contributed by atoms with van der Waals surface area (Å²) in [5, 5.41) is 12.0. The fraction of sp³-hybridized carbons (Fsp3) is 0.438. The molecule has 2 amide bonds. The van der Waals surface area contributed by atoms with Crippen LogP contribution in [-0.4, -0.2) is 51.5 Å². The zero-order valence-corrected chi connectivity index (χ0v) is 14.8. The fourth-order valence-corrected chi connectivity index (χ4v) is 3.65. The summed E-state index contributed by atoms with van der Waals surface area (Å²) < 4.78 is 0. The number of aliphatic carboxylic acids is 1. The third-order valence-corrected chi connectivity index (χ3v) is 4.98. The van der Waals surface area contributed by atoms with Crippen LogP contribution in [0.15, 0.2) is 24.3 Å². The topological polar surface area (TPSA) is 86.7 Å². The lowest BCUT2D eigenvalue weighted by Gasteiger charge is -2.24. The molecule has 2 atom stereocenters. The van der Waals surface area contributed by atoms with E-state index >= 15 is 0 Å². The summed E-state index contributed by atoms with van der Waals surface area (Å²) in [6.07, 6.45) is 0.348. The molecular formula is C16H19ClN2O4S. The van der Waals surface area contributed by atoms with Crippen molar-refractivity contribution < 1.29 is 19.5 Å². The van der Waals surface area contributed by atoms with Crippen LogP contribution in [0.5, 0.6) is 0 Å². The van der Waals surface area contributed by atoms with Gasteiger partial charge in [-0.2, -0.15) is 0 Å². The number of carboxylic acids is 1. The van der Waals surface area contributed by atoms with Gasteiger partial charge in [0.05, 0.1) is 5.88 Å². The van der Waals surface area contributed by atoms with E-state index in [4.69, 9.17) is 16.7 Å². The van der Waals surface area contributed by atoms with Crippen molar-refractivity contribution in [3.63, 3.8) is 0 Å². The minimum absolute atomic E-state index is 0.00567. The molecule has 0 spiro atoms. The summed E-state index contributed by atoms with van der Waals surface area (Å²) in [4.78, 5) is 37.1. The number of halogens is 1. The summed E-state index contributed by atoms with van der Waals surface area (Å²) in [6.45, 7) is 1.76. The SMILES string of the molecule is CC(CCC(=O)O)NC(=O)C1CSCN1C(=O)c1ccc(Cl)cc1. The number of thioether (sulfide) groups is 1. The lowest BCUT2D eigenvalue weighted by Crippen LogP contribution is -2.49. The Labute approximate surface area is 149 Å². The summed E-state index contributed by atoms with van der Waals surface area (Å²) in [5.74, 6) is -0.387. The highest BCUT2D eigenvalue weighted by atomic mass is 35.5. The number of rotatable bonds is 6. The van der Waals surface area contributed by atoms with Gasteiger partial charge in [0, 0.05) is 28.8 Å². The van der Waals surface area contributed by atoms with E-state index in [2.05, 4.69) is 5.32 Å². The second kappa shape index (κ2) is 8.39. The van der Waals surface area contributed by atoms with E-state index in [1.54, 1.807) is 31.2 Å². The lowest BCUT2D eigenvalue weighted by atomic mass is 10.1. The zero-order valence-electron chi connectivity index (χ0n) is 13.2. The van der Waals surface area contributed by atoms with Gasteiger partial charge in [0.1, 0.15) is 6.04 Å². The van der Waals surface area contributed by atoms with Crippen LogP contribution in [0.4, 0.5) is 0 Å². The highest BCUT2D eigenvalue weighted by molar-refractivity contribution is 7.99. The molecule has 1 saturated heterocycles. The van der Waals surface area contributed by atoms with Crippen molar-refractivity contribution in [2.45, 2.75) is 31.8 Å². The molecular weight excluding hydrogens is 352 g/mol. The number of nitrogens with one attached hydrogen (secondary N) is 1. The molecule has 1 heterocycles. The summed E-state index contributed by atoms with van der Waals surface area (Å²) in [6, 6.07) is 5.75. The molecule has 1 aliphatic rings. The van der Waals surface area contributed by atoms with E-state index < -0.39 is 12.0 Å². The van der Waals surface area contributed by atoms with Crippen LogP contribution in [0, 0.1) is 0 Å². The van der Waals surface area contributed by atoms with Gasteiger partial charge in [0.2, 0.25) is 5.91 Å². The molecule has 1 aromatic carbocycles. The second-order valence-corrected chi connectivity index (χ2v) is 7.08. The molecule has 8 heteroatoms. The molecule has 0 aliphatic carbocycles. The van der Waals surface area contributed by atoms with Gasteiger partial charge in [-0.15, -0.1) is 11.8 Å². The van der Waals surface area contributed by atoms with Crippen LogP contribution < -0.4 is 5.32 Å². The van der Waals surface area contributed by atoms with Crippen molar-refractivity contribution in [2.75, 3.05) is 11.6 Å². The highest BCUT2D eigenvalue weighted by Crippen LogP contribution is 2.24. The van der Waals surface area contributed by atoms with Crippen LogP contribution in [0.25, 0.3) is 0 Å². The Morgan fingerprint density at radius 3 is 2.67 bits per heavy atom. The first-order valence-electron chi connectivity index (χ1n) is 7.55. The number of hydrogen-bond acceptors (Lipinski definition) is 4. The first-order chi connectivity index (χ1) is 11.4. The molecule has 1 aromatic rings. The Kier molecular flexibility index (Phi) is 6.51. The van der Waals surface area contributed by atoms with Crippen LogP contribution in [0.1, 0.15) is 30.1 Å². The quantitative estimate of drug-likeness (QED) is 0.801. The maximum absolute atomic E-state index is 12.6. The molecule has 0 bridgehead atoms. The molecule has 2 rings (SSSR count). The molecule has 0 radical (unpaired) electrons. The largest absolute Gasteiger partial charge is 0.481 e. The Balaban J connectivity index is 1.98. The van der Waals surface area contributed by atoms with Crippen molar-refractivity contribution >= 4 is 41.1 Å². The molecule has 130 valence electrons. The maximum Gasteiger partial charge on any atom is 0.303 e. The monoisotopic (exact) mass is 370 g/mol. The molecule has 6 nitrogen and oxygen atoms in total. The van der Waals surface area contributed by atoms with Gasteiger partial charge in [-0.25, -0.2) is 0 Å². The van der Waals surface area contributed by atoms with Gasteiger partial charge >= 0.3 is 5.97 Å². The van der Waals surface area contributed by atoms with Crippen LogP contribution >= 0.6 is 23.4 Å². The van der Waals surface area contributed by atoms with Gasteiger partial charge < -0.3 is 15.3 Å². The predicted octanol–water partition coefficient (Wildman–Crippen LogP) is 2.22. The third kappa shape index (κ3) is 4.88. The van der Waals surface area contributed by atoms with E-state index in [-0.39, 0.29) is 24.3 Å².